The number of carbonyl (C=O) groups excluding carboxylic acids is 1. The van der Waals surface area contributed by atoms with E-state index in [9.17, 15) is 4.79 Å². The molecule has 0 radical (unpaired) electrons. The van der Waals surface area contributed by atoms with Gasteiger partial charge in [0.05, 0.1) is 0 Å². The lowest BCUT2D eigenvalue weighted by Gasteiger charge is -2.34. The van der Waals surface area contributed by atoms with Gasteiger partial charge in [-0.2, -0.15) is 0 Å². The zero-order chi connectivity index (χ0) is 17.8. The van der Waals surface area contributed by atoms with Gasteiger partial charge < -0.3 is 10.2 Å². The smallest absolute Gasteiger partial charge is 0.253 e. The molecule has 136 valence electrons. The van der Waals surface area contributed by atoms with Crippen molar-refractivity contribution in [3.05, 3.63) is 71.3 Å². The minimum atomic E-state index is 0.139. The van der Waals surface area contributed by atoms with Crippen LogP contribution in [0.3, 0.4) is 0 Å². The van der Waals surface area contributed by atoms with Crippen LogP contribution < -0.4 is 5.32 Å². The number of hydrogen-bond donors (Lipinski definition) is 1. The van der Waals surface area contributed by atoms with E-state index in [-0.39, 0.29) is 11.9 Å². The molecule has 2 aromatic rings. The number of amides is 1. The van der Waals surface area contributed by atoms with Gasteiger partial charge in [0.1, 0.15) is 0 Å². The van der Waals surface area contributed by atoms with E-state index >= 15 is 0 Å². The average Bonchev–Trinajstić information content (AvgIpc) is 3.22. The van der Waals surface area contributed by atoms with Crippen molar-refractivity contribution in [1.29, 1.82) is 0 Å². The second-order valence-electron chi connectivity index (χ2n) is 7.35. The third-order valence-corrected chi connectivity index (χ3v) is 5.47. The maximum Gasteiger partial charge on any atom is 0.253 e. The van der Waals surface area contributed by atoms with Crippen LogP contribution in [-0.4, -0.2) is 48.4 Å². The van der Waals surface area contributed by atoms with Gasteiger partial charge >= 0.3 is 0 Å². The van der Waals surface area contributed by atoms with Gasteiger partial charge in [-0.25, -0.2) is 0 Å². The highest BCUT2D eigenvalue weighted by atomic mass is 16.2. The number of rotatable bonds is 4. The van der Waals surface area contributed by atoms with Crippen molar-refractivity contribution in [1.82, 2.24) is 15.1 Å². The van der Waals surface area contributed by atoms with E-state index < -0.39 is 0 Å². The molecule has 2 aliphatic heterocycles. The van der Waals surface area contributed by atoms with Gasteiger partial charge in [-0.05, 0) is 49.2 Å². The quantitative estimate of drug-likeness (QED) is 0.921. The lowest BCUT2D eigenvalue weighted by molar-refractivity contribution is 0.0703. The molecule has 2 fully saturated rings. The molecule has 4 nitrogen and oxygen atoms in total. The molecule has 0 bridgehead atoms. The molecule has 4 heteroatoms. The van der Waals surface area contributed by atoms with E-state index in [0.717, 1.165) is 31.7 Å². The largest absolute Gasteiger partial charge is 0.335 e. The molecular weight excluding hydrogens is 322 g/mol. The summed E-state index contributed by atoms with van der Waals surface area (Å²) in [7, 11) is 0. The van der Waals surface area contributed by atoms with Crippen LogP contribution in [0.2, 0.25) is 0 Å². The fraction of sp³-hybridized carbons (Fsp3) is 0.409. The second kappa shape index (κ2) is 8.02. The Bertz CT molecular complexity index is 723. The van der Waals surface area contributed by atoms with Gasteiger partial charge in [0.15, 0.2) is 0 Å². The van der Waals surface area contributed by atoms with Gasteiger partial charge in [0.25, 0.3) is 5.91 Å². The lowest BCUT2D eigenvalue weighted by Crippen LogP contribution is -2.48. The second-order valence-corrected chi connectivity index (χ2v) is 7.35. The molecule has 0 unspecified atom stereocenters. The monoisotopic (exact) mass is 349 g/mol. The Morgan fingerprint density at radius 3 is 2.42 bits per heavy atom. The third kappa shape index (κ3) is 3.97. The Kier molecular flexibility index (Phi) is 5.32. The molecule has 4 rings (SSSR count). The number of benzene rings is 2. The highest BCUT2D eigenvalue weighted by Gasteiger charge is 2.25. The number of hydrogen-bond acceptors (Lipinski definition) is 3. The van der Waals surface area contributed by atoms with Crippen LogP contribution in [0.4, 0.5) is 0 Å². The molecule has 0 spiro atoms. The summed E-state index contributed by atoms with van der Waals surface area (Å²) in [5.74, 6) is 0.139. The summed E-state index contributed by atoms with van der Waals surface area (Å²) >= 11 is 0. The van der Waals surface area contributed by atoms with Crippen LogP contribution in [0, 0.1) is 0 Å². The maximum atomic E-state index is 12.9. The van der Waals surface area contributed by atoms with Crippen LogP contribution in [0.25, 0.3) is 0 Å². The van der Waals surface area contributed by atoms with E-state index in [2.05, 4.69) is 46.6 Å². The van der Waals surface area contributed by atoms with E-state index in [1.54, 1.807) is 0 Å². The van der Waals surface area contributed by atoms with Gasteiger partial charge in [-0.3, -0.25) is 9.69 Å². The van der Waals surface area contributed by atoms with Crippen molar-refractivity contribution in [2.75, 3.05) is 32.7 Å². The number of nitrogens with one attached hydrogen (secondary N) is 1. The third-order valence-electron chi connectivity index (χ3n) is 5.47. The Labute approximate surface area is 155 Å². The summed E-state index contributed by atoms with van der Waals surface area (Å²) in [6.45, 7) is 5.71. The van der Waals surface area contributed by atoms with Crippen molar-refractivity contribution in [2.45, 2.75) is 25.4 Å². The fourth-order valence-corrected chi connectivity index (χ4v) is 3.98. The van der Waals surface area contributed by atoms with Gasteiger partial charge in [-0.15, -0.1) is 0 Å². The zero-order valence-electron chi connectivity index (χ0n) is 15.2. The summed E-state index contributed by atoms with van der Waals surface area (Å²) < 4.78 is 0. The predicted octanol–water partition coefficient (Wildman–Crippen LogP) is 3.07. The number of piperazine rings is 1. The molecule has 2 aliphatic rings. The molecule has 2 saturated heterocycles. The molecule has 1 amide bonds. The van der Waals surface area contributed by atoms with Crippen molar-refractivity contribution < 1.29 is 4.79 Å². The van der Waals surface area contributed by atoms with Gasteiger partial charge in [-0.1, -0.05) is 42.5 Å². The van der Waals surface area contributed by atoms with Gasteiger partial charge in [0, 0.05) is 37.8 Å². The first-order valence-electron chi connectivity index (χ1n) is 9.68. The van der Waals surface area contributed by atoms with E-state index in [0.29, 0.717) is 0 Å². The summed E-state index contributed by atoms with van der Waals surface area (Å²) in [6, 6.07) is 18.8. The van der Waals surface area contributed by atoms with E-state index in [4.69, 9.17) is 0 Å². The summed E-state index contributed by atoms with van der Waals surface area (Å²) in [5, 5.41) is 3.52. The highest BCUT2D eigenvalue weighted by Crippen LogP contribution is 2.19. The SMILES string of the molecule is O=C(c1ccc(CN2CCCC2)cc1)N1CCN[C@@H](c2ccccc2)C1. The molecule has 0 aromatic heterocycles. The zero-order valence-corrected chi connectivity index (χ0v) is 15.2. The Balaban J connectivity index is 1.40. The molecular formula is C22H27N3O. The normalized spacial score (nSPS) is 21.1. The lowest BCUT2D eigenvalue weighted by atomic mass is 10.0. The molecule has 1 atom stereocenters. The molecule has 2 heterocycles. The van der Waals surface area contributed by atoms with Crippen LogP contribution in [0.5, 0.6) is 0 Å². The van der Waals surface area contributed by atoms with Crippen molar-refractivity contribution in [2.24, 2.45) is 0 Å². The number of carbonyl (C=O) groups is 1. The number of likely N-dealkylation sites (tertiary alicyclic amines) is 1. The summed E-state index contributed by atoms with van der Waals surface area (Å²) in [6.07, 6.45) is 2.62. The Morgan fingerprint density at radius 1 is 0.962 bits per heavy atom. The van der Waals surface area contributed by atoms with Gasteiger partial charge in [0.2, 0.25) is 0 Å². The van der Waals surface area contributed by atoms with Crippen LogP contribution >= 0.6 is 0 Å². The Hall–Kier alpha value is -2.17. The standard InChI is InChI=1S/C22H27N3O/c26-22(20-10-8-18(9-11-20)16-24-13-4-5-14-24)25-15-12-23-21(17-25)19-6-2-1-3-7-19/h1-3,6-11,21,23H,4-5,12-17H2/t21-/m1/s1. The topological polar surface area (TPSA) is 35.6 Å². The maximum absolute atomic E-state index is 12.9. The first-order valence-corrected chi connectivity index (χ1v) is 9.68. The van der Waals surface area contributed by atoms with Crippen LogP contribution in [0.1, 0.15) is 40.4 Å². The first kappa shape index (κ1) is 17.3. The van der Waals surface area contributed by atoms with Crippen LogP contribution in [-0.2, 0) is 6.54 Å². The van der Waals surface area contributed by atoms with Crippen molar-refractivity contribution >= 4 is 5.91 Å². The minimum Gasteiger partial charge on any atom is -0.335 e. The number of nitrogens with zero attached hydrogens (tertiary/aromatic N) is 2. The first-order chi connectivity index (χ1) is 12.8. The predicted molar refractivity (Wildman–Crippen MR) is 104 cm³/mol. The van der Waals surface area contributed by atoms with E-state index in [1.165, 1.54) is 37.1 Å². The molecule has 0 aliphatic carbocycles. The van der Waals surface area contributed by atoms with Crippen molar-refractivity contribution in [3.63, 3.8) is 0 Å². The molecule has 1 N–H and O–H groups in total. The summed E-state index contributed by atoms with van der Waals surface area (Å²) in [5.41, 5.74) is 3.33. The Morgan fingerprint density at radius 2 is 1.69 bits per heavy atom. The van der Waals surface area contributed by atoms with Crippen LogP contribution in [0.15, 0.2) is 54.6 Å². The summed E-state index contributed by atoms with van der Waals surface area (Å²) in [4.78, 5) is 17.4. The average molecular weight is 349 g/mol. The highest BCUT2D eigenvalue weighted by molar-refractivity contribution is 5.94. The fourth-order valence-electron chi connectivity index (χ4n) is 3.98. The van der Waals surface area contributed by atoms with E-state index in [1.807, 2.05) is 23.1 Å². The molecule has 2 aromatic carbocycles. The molecule has 26 heavy (non-hydrogen) atoms. The minimum absolute atomic E-state index is 0.139. The molecule has 0 saturated carbocycles. The van der Waals surface area contributed by atoms with Crippen molar-refractivity contribution in [3.8, 4) is 0 Å².